The van der Waals surface area contributed by atoms with Gasteiger partial charge in [-0.15, -0.1) is 0 Å². The molecule has 86 valence electrons. The van der Waals surface area contributed by atoms with E-state index in [1.165, 1.54) is 27.4 Å². The van der Waals surface area contributed by atoms with E-state index in [2.05, 4.69) is 56.4 Å². The monoisotopic (exact) mass is 250 g/mol. The van der Waals surface area contributed by atoms with E-state index >= 15 is 0 Å². The summed E-state index contributed by atoms with van der Waals surface area (Å²) in [7, 11) is 2.15. The van der Waals surface area contributed by atoms with Crippen LogP contribution in [0.4, 0.5) is 0 Å². The van der Waals surface area contributed by atoms with Crippen LogP contribution in [0, 0.1) is 0 Å². The SMILES string of the molecule is Bc1ccc(-c2ccc(Cl)cc2)c2ccccc12. The van der Waals surface area contributed by atoms with Crippen LogP contribution in [0.5, 0.6) is 0 Å². The van der Waals surface area contributed by atoms with Crippen molar-refractivity contribution in [2.75, 3.05) is 0 Å². The molecule has 0 fully saturated rings. The molecule has 3 rings (SSSR count). The Bertz CT molecular complexity index is 702. The van der Waals surface area contributed by atoms with Gasteiger partial charge in [0, 0.05) is 5.02 Å². The number of halogens is 1. The van der Waals surface area contributed by atoms with Crippen molar-refractivity contribution >= 4 is 35.7 Å². The number of hydrogen-bond donors (Lipinski definition) is 0. The molecule has 0 aliphatic rings. The van der Waals surface area contributed by atoms with Crippen LogP contribution in [0.2, 0.25) is 5.02 Å². The summed E-state index contributed by atoms with van der Waals surface area (Å²) in [5.41, 5.74) is 3.77. The molecule has 0 bridgehead atoms. The van der Waals surface area contributed by atoms with Crippen molar-refractivity contribution in [3.63, 3.8) is 0 Å². The Labute approximate surface area is 113 Å². The lowest BCUT2D eigenvalue weighted by molar-refractivity contribution is 1.66. The summed E-state index contributed by atoms with van der Waals surface area (Å²) in [5, 5.41) is 3.37. The smallest absolute Gasteiger partial charge is 0.0843 e. The van der Waals surface area contributed by atoms with Crippen LogP contribution in [0.15, 0.2) is 60.7 Å². The fraction of sp³-hybridized carbons (Fsp3) is 0. The lowest BCUT2D eigenvalue weighted by Gasteiger charge is -2.09. The van der Waals surface area contributed by atoms with E-state index in [-0.39, 0.29) is 0 Å². The molecule has 0 aliphatic carbocycles. The highest BCUT2D eigenvalue weighted by Crippen LogP contribution is 2.28. The Kier molecular flexibility index (Phi) is 2.85. The average molecular weight is 251 g/mol. The summed E-state index contributed by atoms with van der Waals surface area (Å²) in [6, 6.07) is 20.9. The van der Waals surface area contributed by atoms with Gasteiger partial charge in [0.2, 0.25) is 0 Å². The highest BCUT2D eigenvalue weighted by Gasteiger charge is 2.04. The maximum atomic E-state index is 5.94. The molecule has 3 aromatic rings. The van der Waals surface area contributed by atoms with Crippen molar-refractivity contribution in [2.45, 2.75) is 0 Å². The summed E-state index contributed by atoms with van der Waals surface area (Å²) >= 11 is 5.94. The van der Waals surface area contributed by atoms with Crippen molar-refractivity contribution in [3.8, 4) is 11.1 Å². The number of fused-ring (bicyclic) bond motifs is 1. The number of hydrogen-bond acceptors (Lipinski definition) is 0. The molecule has 0 unspecified atom stereocenters. The van der Waals surface area contributed by atoms with Crippen LogP contribution in [0.1, 0.15) is 0 Å². The highest BCUT2D eigenvalue weighted by atomic mass is 35.5. The number of benzene rings is 3. The molecule has 0 nitrogen and oxygen atoms in total. The van der Waals surface area contributed by atoms with Gasteiger partial charge in [0.25, 0.3) is 0 Å². The van der Waals surface area contributed by atoms with Crippen molar-refractivity contribution < 1.29 is 0 Å². The molecule has 0 atom stereocenters. The lowest BCUT2D eigenvalue weighted by atomic mass is 9.86. The van der Waals surface area contributed by atoms with Crippen molar-refractivity contribution in [2.24, 2.45) is 0 Å². The van der Waals surface area contributed by atoms with Gasteiger partial charge in [-0.3, -0.25) is 0 Å². The first-order valence-corrected chi connectivity index (χ1v) is 6.38. The van der Waals surface area contributed by atoms with E-state index < -0.39 is 0 Å². The minimum Gasteiger partial charge on any atom is -0.0843 e. The molecule has 0 spiro atoms. The highest BCUT2D eigenvalue weighted by molar-refractivity contribution is 6.39. The largest absolute Gasteiger partial charge is 0.140 e. The minimum atomic E-state index is 0.773. The predicted molar refractivity (Wildman–Crippen MR) is 82.6 cm³/mol. The molecule has 0 aromatic heterocycles. The van der Waals surface area contributed by atoms with Crippen molar-refractivity contribution in [1.82, 2.24) is 0 Å². The minimum absolute atomic E-state index is 0.773. The van der Waals surface area contributed by atoms with E-state index in [1.807, 2.05) is 12.1 Å². The Morgan fingerprint density at radius 3 is 2.11 bits per heavy atom. The van der Waals surface area contributed by atoms with E-state index in [9.17, 15) is 0 Å². The second-order valence-electron chi connectivity index (χ2n) is 4.48. The third-order valence-electron chi connectivity index (χ3n) is 3.30. The third-order valence-corrected chi connectivity index (χ3v) is 3.55. The molecule has 18 heavy (non-hydrogen) atoms. The van der Waals surface area contributed by atoms with Gasteiger partial charge in [-0.1, -0.05) is 65.6 Å². The summed E-state index contributed by atoms with van der Waals surface area (Å²) in [5.74, 6) is 0. The third kappa shape index (κ3) is 1.91. The molecule has 0 saturated heterocycles. The van der Waals surface area contributed by atoms with Crippen molar-refractivity contribution in [3.05, 3.63) is 65.7 Å². The summed E-state index contributed by atoms with van der Waals surface area (Å²) in [4.78, 5) is 0. The van der Waals surface area contributed by atoms with Crippen LogP contribution in [-0.2, 0) is 0 Å². The molecule has 0 saturated carbocycles. The fourth-order valence-electron chi connectivity index (χ4n) is 2.33. The van der Waals surface area contributed by atoms with E-state index in [0.29, 0.717) is 0 Å². The standard InChI is InChI=1S/C16H12BCl/c17-16-10-9-13(11-5-7-12(18)8-6-11)14-3-1-2-4-15(14)16/h1-10H,17H2. The van der Waals surface area contributed by atoms with E-state index in [1.54, 1.807) is 0 Å². The van der Waals surface area contributed by atoms with Crippen LogP contribution < -0.4 is 5.46 Å². The van der Waals surface area contributed by atoms with Gasteiger partial charge < -0.3 is 0 Å². The van der Waals surface area contributed by atoms with Crippen LogP contribution in [-0.4, -0.2) is 7.85 Å². The average Bonchev–Trinajstić information content (AvgIpc) is 2.41. The van der Waals surface area contributed by atoms with Gasteiger partial charge in [0.15, 0.2) is 0 Å². The fourth-order valence-corrected chi connectivity index (χ4v) is 2.46. The van der Waals surface area contributed by atoms with Crippen LogP contribution in [0.25, 0.3) is 21.9 Å². The maximum Gasteiger partial charge on any atom is 0.140 e. The Hall–Kier alpha value is -1.73. The first-order chi connectivity index (χ1) is 8.75. The van der Waals surface area contributed by atoms with Gasteiger partial charge in [0.05, 0.1) is 0 Å². The predicted octanol–water partition coefficient (Wildman–Crippen LogP) is 3.42. The topological polar surface area (TPSA) is 0 Å². The maximum absolute atomic E-state index is 5.94. The lowest BCUT2D eigenvalue weighted by Crippen LogP contribution is -2.03. The van der Waals surface area contributed by atoms with E-state index in [4.69, 9.17) is 11.6 Å². The molecule has 0 heterocycles. The quantitative estimate of drug-likeness (QED) is 0.581. The first kappa shape index (κ1) is 11.4. The van der Waals surface area contributed by atoms with Gasteiger partial charge in [-0.25, -0.2) is 0 Å². The van der Waals surface area contributed by atoms with Gasteiger partial charge in [-0.2, -0.15) is 0 Å². The zero-order valence-electron chi connectivity index (χ0n) is 10.2. The Balaban J connectivity index is 2.30. The second-order valence-corrected chi connectivity index (χ2v) is 4.92. The molecular weight excluding hydrogens is 238 g/mol. The van der Waals surface area contributed by atoms with Crippen LogP contribution >= 0.6 is 11.6 Å². The summed E-state index contributed by atoms with van der Waals surface area (Å²) < 4.78 is 0. The van der Waals surface area contributed by atoms with E-state index in [0.717, 1.165) is 5.02 Å². The Morgan fingerprint density at radius 2 is 1.39 bits per heavy atom. The normalized spacial score (nSPS) is 10.7. The zero-order valence-corrected chi connectivity index (χ0v) is 10.9. The summed E-state index contributed by atoms with van der Waals surface area (Å²) in [6.07, 6.45) is 0. The second kappa shape index (κ2) is 4.51. The summed E-state index contributed by atoms with van der Waals surface area (Å²) in [6.45, 7) is 0. The molecule has 2 heteroatoms. The van der Waals surface area contributed by atoms with Gasteiger partial charge in [-0.05, 0) is 34.0 Å². The van der Waals surface area contributed by atoms with Crippen molar-refractivity contribution in [1.29, 1.82) is 0 Å². The molecule has 0 amide bonds. The first-order valence-electron chi connectivity index (χ1n) is 6.00. The molecule has 3 aromatic carbocycles. The Morgan fingerprint density at radius 1 is 0.722 bits per heavy atom. The number of rotatable bonds is 1. The molecule has 0 aliphatic heterocycles. The van der Waals surface area contributed by atoms with Gasteiger partial charge >= 0.3 is 0 Å². The zero-order chi connectivity index (χ0) is 12.5. The molecular formula is C16H12BCl. The molecule has 0 N–H and O–H groups in total. The van der Waals surface area contributed by atoms with Gasteiger partial charge in [0.1, 0.15) is 7.85 Å². The van der Waals surface area contributed by atoms with Crippen LogP contribution in [0.3, 0.4) is 0 Å². The molecule has 0 radical (unpaired) electrons.